The summed E-state index contributed by atoms with van der Waals surface area (Å²) in [5.41, 5.74) is 5.54. The van der Waals surface area contributed by atoms with Crippen molar-refractivity contribution in [1.29, 1.82) is 0 Å². The van der Waals surface area contributed by atoms with Gasteiger partial charge in [-0.15, -0.1) is 0 Å². The first-order valence-electron chi connectivity index (χ1n) is 8.85. The highest BCUT2D eigenvalue weighted by Crippen LogP contribution is 2.27. The molecule has 2 aromatic rings. The van der Waals surface area contributed by atoms with Crippen LogP contribution in [0.1, 0.15) is 38.3 Å². The number of hydrogen-bond acceptors (Lipinski definition) is 3. The minimum Gasteiger partial charge on any atom is -0.373 e. The predicted molar refractivity (Wildman–Crippen MR) is 104 cm³/mol. The van der Waals surface area contributed by atoms with Crippen LogP contribution in [0, 0.1) is 0 Å². The highest BCUT2D eigenvalue weighted by Gasteiger charge is 2.18. The topological polar surface area (TPSA) is 28.2 Å². The zero-order chi connectivity index (χ0) is 17.4. The first-order valence-corrected chi connectivity index (χ1v) is 8.85. The molecule has 3 nitrogen and oxygen atoms in total. The van der Waals surface area contributed by atoms with Crippen LogP contribution in [-0.2, 0) is 6.54 Å². The van der Waals surface area contributed by atoms with Gasteiger partial charge in [-0.1, -0.05) is 49.8 Å². The summed E-state index contributed by atoms with van der Waals surface area (Å²) in [5.74, 6) is 0.916. The summed E-state index contributed by atoms with van der Waals surface area (Å²) in [6, 6.07) is 14.9. The van der Waals surface area contributed by atoms with Crippen molar-refractivity contribution in [3.05, 3.63) is 65.4 Å². The van der Waals surface area contributed by atoms with Crippen molar-refractivity contribution in [1.82, 2.24) is 9.88 Å². The highest BCUT2D eigenvalue weighted by atomic mass is 15.1. The van der Waals surface area contributed by atoms with Crippen LogP contribution in [0.15, 0.2) is 54.2 Å². The fraction of sp³-hybridized carbons (Fsp3) is 0.381. The number of pyridine rings is 1. The molecule has 0 saturated carbocycles. The van der Waals surface area contributed by atoms with Gasteiger partial charge in [-0.25, -0.2) is 4.98 Å². The van der Waals surface area contributed by atoms with Crippen LogP contribution in [0.2, 0.25) is 0 Å². The fourth-order valence-electron chi connectivity index (χ4n) is 2.95. The number of hydrogen-bond donors (Lipinski definition) is 1. The van der Waals surface area contributed by atoms with E-state index in [9.17, 15) is 0 Å². The van der Waals surface area contributed by atoms with E-state index in [0.29, 0.717) is 0 Å². The lowest BCUT2D eigenvalue weighted by Crippen LogP contribution is -2.30. The molecule has 3 heteroatoms. The maximum Gasteiger partial charge on any atom is 0.125 e. The molecule has 2 heterocycles. The van der Waals surface area contributed by atoms with Gasteiger partial charge in [0.05, 0.1) is 0 Å². The maximum absolute atomic E-state index is 4.45. The summed E-state index contributed by atoms with van der Waals surface area (Å²) in [6.07, 6.45) is 3.12. The lowest BCUT2D eigenvalue weighted by atomic mass is 9.95. The average Bonchev–Trinajstić information content (AvgIpc) is 2.66. The van der Waals surface area contributed by atoms with Gasteiger partial charge in [-0.3, -0.25) is 4.90 Å². The van der Waals surface area contributed by atoms with Crippen LogP contribution in [0.3, 0.4) is 0 Å². The number of anilines is 1. The van der Waals surface area contributed by atoms with Crippen molar-refractivity contribution in [2.75, 3.05) is 25.5 Å². The molecule has 1 aliphatic heterocycles. The Labute approximate surface area is 146 Å². The van der Waals surface area contributed by atoms with E-state index < -0.39 is 0 Å². The van der Waals surface area contributed by atoms with Crippen molar-refractivity contribution >= 4 is 11.4 Å². The summed E-state index contributed by atoms with van der Waals surface area (Å²) >= 11 is 0. The van der Waals surface area contributed by atoms with Crippen LogP contribution in [0.4, 0.5) is 5.82 Å². The van der Waals surface area contributed by atoms with Gasteiger partial charge in [-0.2, -0.15) is 0 Å². The first kappa shape index (κ1) is 18.2. The number of aromatic nitrogens is 1. The molecule has 0 atom stereocenters. The lowest BCUT2D eigenvalue weighted by molar-refractivity contribution is 0.292. The Morgan fingerprint density at radius 2 is 1.83 bits per heavy atom. The molecular formula is C21H29N3. The second-order valence-corrected chi connectivity index (χ2v) is 5.89. The van der Waals surface area contributed by atoms with E-state index in [1.807, 2.05) is 33.2 Å². The quantitative estimate of drug-likeness (QED) is 0.873. The van der Waals surface area contributed by atoms with Gasteiger partial charge in [0.15, 0.2) is 0 Å². The minimum atomic E-state index is 0.916. The fourth-order valence-corrected chi connectivity index (χ4v) is 2.95. The Bertz CT molecular complexity index is 645. The molecule has 1 N–H and O–H groups in total. The number of rotatable bonds is 4. The average molecular weight is 323 g/mol. The van der Waals surface area contributed by atoms with E-state index in [-0.39, 0.29) is 0 Å². The molecule has 0 saturated heterocycles. The summed E-state index contributed by atoms with van der Waals surface area (Å²) in [7, 11) is 1.90. The third kappa shape index (κ3) is 4.68. The van der Waals surface area contributed by atoms with Gasteiger partial charge in [0.25, 0.3) is 0 Å². The maximum atomic E-state index is 4.45. The standard InChI is InChI=1S/C19H23N3.C2H6/c1-15-10-11-22(13-16-6-4-3-5-7-16)14-18(15)17-8-9-19(20-2)21-12-17;1-2/h3-9,12H,10-11,13-14H2,1-2H3,(H,20,21);1-2H3. The molecule has 128 valence electrons. The number of benzene rings is 1. The number of nitrogens with zero attached hydrogens (tertiary/aromatic N) is 2. The Balaban J connectivity index is 0.00000100. The first-order chi connectivity index (χ1) is 11.8. The van der Waals surface area contributed by atoms with Crippen molar-refractivity contribution < 1.29 is 0 Å². The van der Waals surface area contributed by atoms with Gasteiger partial charge in [0, 0.05) is 32.9 Å². The molecule has 3 rings (SSSR count). The molecule has 1 aliphatic rings. The van der Waals surface area contributed by atoms with Crippen LogP contribution < -0.4 is 5.32 Å². The monoisotopic (exact) mass is 323 g/mol. The largest absolute Gasteiger partial charge is 0.373 e. The SMILES string of the molecule is CC.CNc1ccc(C2=C(C)CCN(Cc3ccccc3)C2)cn1. The highest BCUT2D eigenvalue weighted by molar-refractivity contribution is 5.70. The molecule has 0 radical (unpaired) electrons. The van der Waals surface area contributed by atoms with E-state index in [1.165, 1.54) is 22.3 Å². The van der Waals surface area contributed by atoms with Gasteiger partial charge < -0.3 is 5.32 Å². The normalized spacial score (nSPS) is 14.8. The molecule has 0 aliphatic carbocycles. The van der Waals surface area contributed by atoms with Gasteiger partial charge in [0.1, 0.15) is 5.82 Å². The molecule has 0 spiro atoms. The summed E-state index contributed by atoms with van der Waals surface area (Å²) < 4.78 is 0. The molecule has 0 bridgehead atoms. The van der Waals surface area contributed by atoms with E-state index >= 15 is 0 Å². The van der Waals surface area contributed by atoms with Gasteiger partial charge in [0.2, 0.25) is 0 Å². The third-order valence-corrected chi connectivity index (χ3v) is 4.32. The Morgan fingerprint density at radius 3 is 2.46 bits per heavy atom. The molecule has 0 fully saturated rings. The van der Waals surface area contributed by atoms with E-state index in [4.69, 9.17) is 0 Å². The molecule has 0 amide bonds. The second-order valence-electron chi connectivity index (χ2n) is 5.89. The summed E-state index contributed by atoms with van der Waals surface area (Å²) in [4.78, 5) is 6.97. The zero-order valence-corrected chi connectivity index (χ0v) is 15.3. The minimum absolute atomic E-state index is 0.916. The molecular weight excluding hydrogens is 294 g/mol. The lowest BCUT2D eigenvalue weighted by Gasteiger charge is -2.30. The van der Waals surface area contributed by atoms with Crippen LogP contribution in [0.25, 0.3) is 5.57 Å². The molecule has 24 heavy (non-hydrogen) atoms. The van der Waals surface area contributed by atoms with Crippen LogP contribution >= 0.6 is 0 Å². The summed E-state index contributed by atoms with van der Waals surface area (Å²) in [6.45, 7) is 9.40. The van der Waals surface area contributed by atoms with E-state index in [0.717, 1.165) is 31.9 Å². The van der Waals surface area contributed by atoms with E-state index in [1.54, 1.807) is 0 Å². The van der Waals surface area contributed by atoms with Crippen molar-refractivity contribution in [3.8, 4) is 0 Å². The Morgan fingerprint density at radius 1 is 1.08 bits per heavy atom. The third-order valence-electron chi connectivity index (χ3n) is 4.32. The van der Waals surface area contributed by atoms with Crippen LogP contribution in [0.5, 0.6) is 0 Å². The Kier molecular flexibility index (Phi) is 7.01. The van der Waals surface area contributed by atoms with Gasteiger partial charge >= 0.3 is 0 Å². The van der Waals surface area contributed by atoms with Crippen molar-refractivity contribution in [2.45, 2.75) is 33.7 Å². The smallest absolute Gasteiger partial charge is 0.125 e. The molecule has 1 aromatic carbocycles. The second kappa shape index (κ2) is 9.24. The number of nitrogens with one attached hydrogen (secondary N) is 1. The molecule has 0 unspecified atom stereocenters. The van der Waals surface area contributed by atoms with Crippen molar-refractivity contribution in [2.24, 2.45) is 0 Å². The van der Waals surface area contributed by atoms with Crippen molar-refractivity contribution in [3.63, 3.8) is 0 Å². The van der Waals surface area contributed by atoms with Crippen LogP contribution in [-0.4, -0.2) is 30.0 Å². The Hall–Kier alpha value is -2.13. The van der Waals surface area contributed by atoms with Gasteiger partial charge in [-0.05, 0) is 42.2 Å². The predicted octanol–water partition coefficient (Wildman–Crippen LogP) is 4.83. The summed E-state index contributed by atoms with van der Waals surface area (Å²) in [5, 5.41) is 3.07. The zero-order valence-electron chi connectivity index (χ0n) is 15.3. The van der Waals surface area contributed by atoms with E-state index in [2.05, 4.69) is 58.5 Å². The molecule has 1 aromatic heterocycles.